The van der Waals surface area contributed by atoms with E-state index in [1.54, 1.807) is 13.8 Å². The van der Waals surface area contributed by atoms with Crippen molar-refractivity contribution in [1.29, 1.82) is 0 Å². The van der Waals surface area contributed by atoms with Crippen LogP contribution in [0.4, 0.5) is 0 Å². The molecule has 8 rings (SSSR count). The van der Waals surface area contributed by atoms with Gasteiger partial charge in [-0.3, -0.25) is 0 Å². The maximum atomic E-state index is 11.5. The van der Waals surface area contributed by atoms with E-state index in [0.717, 1.165) is 38.5 Å². The number of ether oxygens (including phenoxy) is 8. The number of rotatable bonds is 17. The second kappa shape index (κ2) is 23.5. The number of allylic oxidation sites excluding steroid dienone is 1. The third-order valence-electron chi connectivity index (χ3n) is 20.7. The molecule has 4 saturated heterocycles. The molecule has 0 bridgehead atoms. The van der Waals surface area contributed by atoms with Crippen molar-refractivity contribution in [2.24, 2.45) is 45.3 Å². The number of aliphatic hydroxyl groups excluding tert-OH is 14. The summed E-state index contributed by atoms with van der Waals surface area (Å²) in [4.78, 5) is 0. The number of fused-ring (bicyclic) bond motifs is 5. The van der Waals surface area contributed by atoms with Gasteiger partial charge in [0, 0.05) is 5.41 Å². The fourth-order valence-corrected chi connectivity index (χ4v) is 15.5. The molecule has 77 heavy (non-hydrogen) atoms. The molecule has 0 aromatic rings. The third-order valence-corrected chi connectivity index (χ3v) is 20.7. The summed E-state index contributed by atoms with van der Waals surface area (Å²) in [5.41, 5.74) is -0.739. The predicted octanol–water partition coefficient (Wildman–Crippen LogP) is -2.20. The number of aliphatic hydroxyl groups is 15. The number of hydrogen-bond acceptors (Lipinski definition) is 23. The highest BCUT2D eigenvalue weighted by molar-refractivity contribution is 5.30. The zero-order valence-electron chi connectivity index (χ0n) is 45.8. The summed E-state index contributed by atoms with van der Waals surface area (Å²) in [7, 11) is 0. The van der Waals surface area contributed by atoms with E-state index in [1.165, 1.54) is 5.57 Å². The fourth-order valence-electron chi connectivity index (χ4n) is 15.5. The maximum Gasteiger partial charge on any atom is 0.187 e. The molecule has 3 saturated carbocycles. The lowest BCUT2D eigenvalue weighted by Crippen LogP contribution is -2.63. The van der Waals surface area contributed by atoms with Crippen molar-refractivity contribution in [3.63, 3.8) is 0 Å². The molecule has 29 atom stereocenters. The number of hydrogen-bond donors (Lipinski definition) is 15. The quantitative estimate of drug-likeness (QED) is 0.0687. The van der Waals surface area contributed by atoms with E-state index >= 15 is 0 Å². The predicted molar refractivity (Wildman–Crippen MR) is 266 cm³/mol. The Hall–Kier alpha value is -1.18. The van der Waals surface area contributed by atoms with Gasteiger partial charge < -0.3 is 114 Å². The molecule has 15 N–H and O–H groups in total. The summed E-state index contributed by atoms with van der Waals surface area (Å²) < 4.78 is 47.0. The SMILES string of the molecule is C[C@H](CC[C@@H](O[C@@H]1O[C@H](CO[C@@H]2O[C@H](CO)[C@@H](O)[C@H](O)[C@H]2O)[C@@H](O)[C@H](O)[C@H]1O)C(C)(C)O)C1CC[C@@]2(C)C3CC=C4[C@@H](CC[C@H](O[C@@H]5O[C@H](CO[C@@H]6O[C@H](CO)[C@@H](O)[C@H](O)[C@H]6O)[C@@H](O)[C@H](O)[C@H]5O)C4(C)C)[C@]3(C)CC[C@]12C. The zero-order chi connectivity index (χ0) is 56.6. The molecule has 23 heteroatoms. The Morgan fingerprint density at radius 1 is 0.558 bits per heavy atom. The first kappa shape index (κ1) is 61.9. The van der Waals surface area contributed by atoms with Crippen molar-refractivity contribution >= 4 is 0 Å². The molecule has 4 aliphatic carbocycles. The summed E-state index contributed by atoms with van der Waals surface area (Å²) in [6, 6.07) is 0. The Bertz CT molecular complexity index is 1990. The molecule has 0 radical (unpaired) electrons. The largest absolute Gasteiger partial charge is 0.394 e. The molecule has 8 aliphatic rings. The molecule has 0 spiro atoms. The Morgan fingerprint density at radius 2 is 1.03 bits per heavy atom. The van der Waals surface area contributed by atoms with Gasteiger partial charge >= 0.3 is 0 Å². The van der Waals surface area contributed by atoms with Crippen molar-refractivity contribution in [2.75, 3.05) is 26.4 Å². The van der Waals surface area contributed by atoms with Crippen LogP contribution in [0.5, 0.6) is 0 Å². The van der Waals surface area contributed by atoms with E-state index < -0.39 is 172 Å². The molecule has 0 aromatic heterocycles. The second-order valence-corrected chi connectivity index (χ2v) is 25.8. The average molecular weight is 1110 g/mol. The van der Waals surface area contributed by atoms with Crippen LogP contribution in [0.3, 0.4) is 0 Å². The van der Waals surface area contributed by atoms with Crippen LogP contribution in [0.15, 0.2) is 11.6 Å². The summed E-state index contributed by atoms with van der Waals surface area (Å²) >= 11 is 0. The Morgan fingerprint density at radius 3 is 1.53 bits per heavy atom. The van der Waals surface area contributed by atoms with Crippen LogP contribution < -0.4 is 0 Å². The highest BCUT2D eigenvalue weighted by atomic mass is 16.7. The van der Waals surface area contributed by atoms with Gasteiger partial charge in [-0.15, -0.1) is 0 Å². The first-order valence-corrected chi connectivity index (χ1v) is 27.9. The second-order valence-electron chi connectivity index (χ2n) is 25.8. The molecule has 2 unspecified atom stereocenters. The van der Waals surface area contributed by atoms with Gasteiger partial charge in [0.15, 0.2) is 25.2 Å². The minimum Gasteiger partial charge on any atom is -0.394 e. The van der Waals surface area contributed by atoms with Crippen molar-refractivity contribution in [3.8, 4) is 0 Å². The summed E-state index contributed by atoms with van der Waals surface area (Å²) in [5, 5.41) is 158. The highest BCUT2D eigenvalue weighted by Gasteiger charge is 2.68. The molecule has 4 aliphatic heterocycles. The monoisotopic (exact) mass is 1110 g/mol. The van der Waals surface area contributed by atoms with E-state index in [9.17, 15) is 76.6 Å². The molecule has 0 aromatic carbocycles. The first-order valence-electron chi connectivity index (χ1n) is 27.9. The van der Waals surface area contributed by atoms with Crippen molar-refractivity contribution in [1.82, 2.24) is 0 Å². The molecule has 23 nitrogen and oxygen atoms in total. The topological polar surface area (TPSA) is 377 Å². The van der Waals surface area contributed by atoms with Crippen LogP contribution in [-0.4, -0.2) is 244 Å². The van der Waals surface area contributed by atoms with Crippen molar-refractivity contribution in [2.45, 2.75) is 254 Å². The van der Waals surface area contributed by atoms with Crippen LogP contribution in [-0.2, 0) is 37.9 Å². The fraction of sp³-hybridized carbons (Fsp3) is 0.963. The molecule has 7 fully saturated rings. The van der Waals surface area contributed by atoms with E-state index in [1.807, 2.05) is 0 Å². The van der Waals surface area contributed by atoms with Gasteiger partial charge in [-0.25, -0.2) is 0 Å². The zero-order valence-corrected chi connectivity index (χ0v) is 45.8. The Labute approximate surface area is 450 Å². The normalized spacial score (nSPS) is 51.0. The maximum absolute atomic E-state index is 11.5. The van der Waals surface area contributed by atoms with E-state index in [2.05, 4.69) is 47.6 Å². The van der Waals surface area contributed by atoms with Gasteiger partial charge in [-0.2, -0.15) is 0 Å². The minimum absolute atomic E-state index is 0.0158. The Balaban J connectivity index is 0.894. The molecular weight excluding hydrogens is 1020 g/mol. The lowest BCUT2D eigenvalue weighted by molar-refractivity contribution is -0.341. The van der Waals surface area contributed by atoms with E-state index in [4.69, 9.17) is 37.9 Å². The van der Waals surface area contributed by atoms with Crippen LogP contribution >= 0.6 is 0 Å². The summed E-state index contributed by atoms with van der Waals surface area (Å²) in [6.07, 6.45) is -22.5. The van der Waals surface area contributed by atoms with Crippen LogP contribution in [0.1, 0.15) is 113 Å². The highest BCUT2D eigenvalue weighted by Crippen LogP contribution is 2.75. The van der Waals surface area contributed by atoms with Gasteiger partial charge in [0.1, 0.15) is 97.7 Å². The molecule has 0 amide bonds. The molecular formula is C54H92O23. The lowest BCUT2D eigenvalue weighted by atomic mass is 9.39. The lowest BCUT2D eigenvalue weighted by Gasteiger charge is -2.66. The van der Waals surface area contributed by atoms with E-state index in [-0.39, 0.29) is 28.1 Å². The third kappa shape index (κ3) is 11.2. The van der Waals surface area contributed by atoms with Crippen LogP contribution in [0.2, 0.25) is 0 Å². The Kier molecular flexibility index (Phi) is 18.9. The summed E-state index contributed by atoms with van der Waals surface area (Å²) in [6.45, 7) is 14.8. The molecule has 4 heterocycles. The van der Waals surface area contributed by atoms with Gasteiger partial charge in [-0.1, -0.05) is 53.2 Å². The van der Waals surface area contributed by atoms with Gasteiger partial charge in [0.25, 0.3) is 0 Å². The van der Waals surface area contributed by atoms with Gasteiger partial charge in [0.2, 0.25) is 0 Å². The van der Waals surface area contributed by atoms with Crippen molar-refractivity contribution < 1.29 is 114 Å². The summed E-state index contributed by atoms with van der Waals surface area (Å²) in [5.74, 6) is 1.15. The van der Waals surface area contributed by atoms with Crippen LogP contribution in [0.25, 0.3) is 0 Å². The van der Waals surface area contributed by atoms with Crippen LogP contribution in [0, 0.1) is 45.3 Å². The smallest absolute Gasteiger partial charge is 0.187 e. The first-order chi connectivity index (χ1) is 36.0. The minimum atomic E-state index is -1.75. The van der Waals surface area contributed by atoms with E-state index in [0.29, 0.717) is 31.1 Å². The molecule has 446 valence electrons. The standard InChI is InChI=1S/C54H92O23/c1-23(9-13-33(51(4,5)69)77-49-45(68)41(64)37(60)30(75-49)22-71-47-43(66)39(62)35(58)28(20-56)73-47)24-15-16-54(8)31-12-10-25-26(52(31,6)17-18-53(24,54)7)11-14-32(50(25,2)3)76-48-44(67)40(63)36(59)29(74-48)21-70-46-42(65)38(61)34(57)27(19-55)72-46/h10,23-24,26-49,55-69H,9,11-22H2,1-8H3/t23-,24?,26-,27-,28-,29-,30-,31?,32+,33-,34-,35-,36-,37-,38+,39+,40+,41+,42-,43-,44-,45-,46-,47-,48+,49+,52+,53-,54+/m1/s1. The van der Waals surface area contributed by atoms with Gasteiger partial charge in [-0.05, 0) is 112 Å². The van der Waals surface area contributed by atoms with Gasteiger partial charge in [0.05, 0.1) is 44.2 Å². The van der Waals surface area contributed by atoms with Crippen molar-refractivity contribution in [3.05, 3.63) is 11.6 Å². The average Bonchev–Trinajstić information content (AvgIpc) is 3.97.